The third-order valence-corrected chi connectivity index (χ3v) is 13.0. The monoisotopic (exact) mass is 316 g/mol. The van der Waals surface area contributed by atoms with Crippen LogP contribution in [0.25, 0.3) is 0 Å². The molecule has 0 fully saturated rings. The van der Waals surface area contributed by atoms with Crippen molar-refractivity contribution in [3.8, 4) is 0 Å². The zero-order valence-corrected chi connectivity index (χ0v) is 16.5. The Kier molecular flexibility index (Phi) is 8.17. The van der Waals surface area contributed by atoms with Crippen molar-refractivity contribution in [1.82, 2.24) is 0 Å². The van der Waals surface area contributed by atoms with Gasteiger partial charge in [0.05, 0.1) is 8.07 Å². The maximum Gasteiger partial charge on any atom is 0.0724 e. The molecule has 2 rings (SSSR count). The fourth-order valence-electron chi connectivity index (χ4n) is 4.62. The zero-order chi connectivity index (χ0) is 16.6. The Morgan fingerprint density at radius 1 is 0.591 bits per heavy atom. The Labute approximate surface area is 140 Å². The maximum absolute atomic E-state index is 2.49. The molecule has 0 radical (unpaired) electrons. The van der Waals surface area contributed by atoms with Crippen LogP contribution in [-0.2, 0) is 0 Å². The lowest BCUT2D eigenvalue weighted by molar-refractivity contribution is 0.787. The summed E-state index contributed by atoms with van der Waals surface area (Å²) in [6.07, 6.45) is 21.8. The topological polar surface area (TPSA) is 0 Å². The van der Waals surface area contributed by atoms with Gasteiger partial charge in [0.25, 0.3) is 0 Å². The molecule has 0 N–H and O–H groups in total. The third kappa shape index (κ3) is 4.58. The molecule has 0 nitrogen and oxygen atoms in total. The second-order valence-electron chi connectivity index (χ2n) is 7.50. The van der Waals surface area contributed by atoms with Crippen LogP contribution in [0.4, 0.5) is 0 Å². The van der Waals surface area contributed by atoms with Crippen molar-refractivity contribution in [1.29, 1.82) is 0 Å². The van der Waals surface area contributed by atoms with Crippen LogP contribution in [0, 0.1) is 0 Å². The van der Waals surface area contributed by atoms with E-state index in [1.54, 1.807) is 0 Å². The van der Waals surface area contributed by atoms with E-state index in [1.165, 1.54) is 0 Å². The van der Waals surface area contributed by atoms with E-state index in [9.17, 15) is 0 Å². The molecule has 0 amide bonds. The molecule has 2 aliphatic rings. The van der Waals surface area contributed by atoms with Crippen molar-refractivity contribution in [3.05, 3.63) is 48.6 Å². The van der Waals surface area contributed by atoms with Crippen LogP contribution in [0.1, 0.15) is 60.8 Å². The average molecular weight is 317 g/mol. The van der Waals surface area contributed by atoms with Crippen LogP contribution in [-0.4, -0.2) is 8.07 Å². The lowest BCUT2D eigenvalue weighted by atomic mass is 10.2. The summed E-state index contributed by atoms with van der Waals surface area (Å²) in [6.45, 7) is 14.7. The fourth-order valence-corrected chi connectivity index (χ4v) is 11.9. The van der Waals surface area contributed by atoms with Gasteiger partial charge in [0.1, 0.15) is 0 Å². The van der Waals surface area contributed by atoms with Crippen molar-refractivity contribution in [3.63, 3.8) is 0 Å². The molecule has 0 aliphatic heterocycles. The van der Waals surface area contributed by atoms with Gasteiger partial charge < -0.3 is 0 Å². The van der Waals surface area contributed by atoms with E-state index >= 15 is 0 Å². The maximum atomic E-state index is 2.49. The van der Waals surface area contributed by atoms with Crippen molar-refractivity contribution >= 4 is 8.07 Å². The highest BCUT2D eigenvalue weighted by Crippen LogP contribution is 2.50. The Hall–Kier alpha value is -0.823. The van der Waals surface area contributed by atoms with Crippen LogP contribution in [0.5, 0.6) is 0 Å². The summed E-state index contributed by atoms with van der Waals surface area (Å²) < 4.78 is 0. The van der Waals surface area contributed by atoms with Gasteiger partial charge in [0.2, 0.25) is 0 Å². The average Bonchev–Trinajstić information content (AvgIpc) is 2.50. The van der Waals surface area contributed by atoms with E-state index < -0.39 is 8.07 Å². The second kappa shape index (κ2) is 9.35. The van der Waals surface area contributed by atoms with Gasteiger partial charge in [-0.2, -0.15) is 0 Å². The standard InChI is InChI=1S/C15H28Si.C6H8/c1-12(2)16(13(3)4,14(5)6)15-10-8-7-9-11-15;1-2-4-6-5-3-1/h8-15H,7H2,1-6H3;1-2,5-6H,3-4H2. The van der Waals surface area contributed by atoms with Gasteiger partial charge in [-0.1, -0.05) is 90.2 Å². The number of hydrogen-bond donors (Lipinski definition) is 0. The van der Waals surface area contributed by atoms with Gasteiger partial charge in [-0.05, 0) is 41.4 Å². The highest BCUT2D eigenvalue weighted by molar-refractivity contribution is 6.85. The minimum atomic E-state index is -1.30. The van der Waals surface area contributed by atoms with E-state index in [0.717, 1.165) is 41.4 Å². The van der Waals surface area contributed by atoms with Gasteiger partial charge in [-0.15, -0.1) is 0 Å². The molecule has 124 valence electrons. The molecular formula is C21H36Si. The second-order valence-corrected chi connectivity index (χ2v) is 13.6. The molecule has 0 heterocycles. The zero-order valence-electron chi connectivity index (χ0n) is 15.5. The Bertz CT molecular complexity index is 367. The molecule has 1 heteroatoms. The van der Waals surface area contributed by atoms with Gasteiger partial charge in [-0.25, -0.2) is 0 Å². The molecule has 0 aromatic rings. The summed E-state index contributed by atoms with van der Waals surface area (Å²) in [5, 5.41) is 0. The molecule has 0 bridgehead atoms. The van der Waals surface area contributed by atoms with Crippen LogP contribution >= 0.6 is 0 Å². The molecule has 0 unspecified atom stereocenters. The van der Waals surface area contributed by atoms with E-state index in [0.29, 0.717) is 0 Å². The molecule has 22 heavy (non-hydrogen) atoms. The van der Waals surface area contributed by atoms with Crippen LogP contribution in [0.15, 0.2) is 48.6 Å². The van der Waals surface area contributed by atoms with Crippen molar-refractivity contribution < 1.29 is 0 Å². The highest BCUT2D eigenvalue weighted by atomic mass is 28.3. The minimum absolute atomic E-state index is 0.751. The van der Waals surface area contributed by atoms with E-state index in [1.807, 2.05) is 0 Å². The largest absolute Gasteiger partial charge is 0.0844 e. The first kappa shape index (κ1) is 19.2. The number of allylic oxidation sites excluding steroid dienone is 8. The molecule has 0 atom stereocenters. The van der Waals surface area contributed by atoms with Gasteiger partial charge in [-0.3, -0.25) is 0 Å². The Morgan fingerprint density at radius 3 is 1.18 bits per heavy atom. The number of rotatable bonds is 4. The van der Waals surface area contributed by atoms with Gasteiger partial charge >= 0.3 is 0 Å². The summed E-state index contributed by atoms with van der Waals surface area (Å²) in [5.41, 5.74) is 3.31. The summed E-state index contributed by atoms with van der Waals surface area (Å²) >= 11 is 0. The predicted molar refractivity (Wildman–Crippen MR) is 105 cm³/mol. The van der Waals surface area contributed by atoms with Crippen LogP contribution in [0.2, 0.25) is 22.2 Å². The summed E-state index contributed by atoms with van der Waals surface area (Å²) in [6, 6.07) is 0. The van der Waals surface area contributed by atoms with Gasteiger partial charge in [0.15, 0.2) is 0 Å². The summed E-state index contributed by atoms with van der Waals surface area (Å²) in [7, 11) is -1.30. The first-order chi connectivity index (χ1) is 10.4. The van der Waals surface area contributed by atoms with Crippen LogP contribution < -0.4 is 0 Å². The Balaban J connectivity index is 0.000000335. The van der Waals surface area contributed by atoms with E-state index in [-0.39, 0.29) is 0 Å². The fraction of sp³-hybridized carbons (Fsp3) is 0.619. The molecule has 0 saturated heterocycles. The first-order valence-corrected chi connectivity index (χ1v) is 11.4. The molecule has 2 aliphatic carbocycles. The highest BCUT2D eigenvalue weighted by Gasteiger charge is 2.46. The molecular weight excluding hydrogens is 280 g/mol. The lowest BCUT2D eigenvalue weighted by Gasteiger charge is -2.47. The van der Waals surface area contributed by atoms with E-state index in [4.69, 9.17) is 0 Å². The molecule has 0 aromatic carbocycles. The third-order valence-electron chi connectivity index (χ3n) is 5.41. The van der Waals surface area contributed by atoms with Crippen molar-refractivity contribution in [2.24, 2.45) is 0 Å². The Morgan fingerprint density at radius 2 is 0.909 bits per heavy atom. The summed E-state index contributed by atoms with van der Waals surface area (Å²) in [5.74, 6) is 0. The minimum Gasteiger partial charge on any atom is -0.0844 e. The van der Waals surface area contributed by atoms with Crippen LogP contribution in [0.3, 0.4) is 0 Å². The van der Waals surface area contributed by atoms with Crippen molar-refractivity contribution in [2.45, 2.75) is 83.0 Å². The van der Waals surface area contributed by atoms with E-state index in [2.05, 4.69) is 90.2 Å². The van der Waals surface area contributed by atoms with Crippen molar-refractivity contribution in [2.75, 3.05) is 0 Å². The normalized spacial score (nSPS) is 18.2. The SMILES string of the molecule is C1=CCC=CC1.CC(C)[Si](C(C)C)(C(C)C)C1C=CCC=C1. The van der Waals surface area contributed by atoms with Gasteiger partial charge in [0, 0.05) is 0 Å². The molecule has 0 saturated carbocycles. The summed E-state index contributed by atoms with van der Waals surface area (Å²) in [4.78, 5) is 0. The lowest BCUT2D eigenvalue weighted by Crippen LogP contribution is -2.48. The molecule has 0 spiro atoms. The quantitative estimate of drug-likeness (QED) is 0.373. The smallest absolute Gasteiger partial charge is 0.0724 e. The number of hydrogen-bond acceptors (Lipinski definition) is 0. The molecule has 0 aromatic heterocycles. The first-order valence-electron chi connectivity index (χ1n) is 9.07. The predicted octanol–water partition coefficient (Wildman–Crippen LogP) is 7.44.